The Kier molecular flexibility index (Phi) is 2.68. The summed E-state index contributed by atoms with van der Waals surface area (Å²) in [4.78, 5) is 16.8. The van der Waals surface area contributed by atoms with E-state index in [4.69, 9.17) is 0 Å². The van der Waals surface area contributed by atoms with Gasteiger partial charge in [-0.05, 0) is 30.3 Å². The average Bonchev–Trinajstić information content (AvgIpc) is 2.38. The van der Waals surface area contributed by atoms with Gasteiger partial charge in [0, 0.05) is 6.20 Å². The van der Waals surface area contributed by atoms with E-state index < -0.39 is 21.9 Å². The molecular formula is C12H8FN3O3S. The Morgan fingerprint density at radius 3 is 2.75 bits per heavy atom. The van der Waals surface area contributed by atoms with E-state index in [2.05, 4.69) is 4.98 Å². The van der Waals surface area contributed by atoms with Crippen molar-refractivity contribution in [1.29, 1.82) is 0 Å². The molecule has 0 bridgehead atoms. The van der Waals surface area contributed by atoms with Crippen LogP contribution < -0.4 is 9.62 Å². The Morgan fingerprint density at radius 1 is 1.20 bits per heavy atom. The second-order valence-corrected chi connectivity index (χ2v) is 5.70. The number of carbonyl (C=O) groups excluding carboxylic acids is 1. The molecule has 102 valence electrons. The maximum Gasteiger partial charge on any atom is 0.341 e. The molecule has 1 N–H and O–H groups in total. The number of hydrogen-bond donors (Lipinski definition) is 1. The summed E-state index contributed by atoms with van der Waals surface area (Å²) in [5.41, 5.74) is 0.192. The summed E-state index contributed by atoms with van der Waals surface area (Å²) < 4.78 is 38.9. The summed E-state index contributed by atoms with van der Waals surface area (Å²) in [5.74, 6) is -0.594. The SMILES string of the molecule is O=C1NS(=O)(=O)c2cccnc2N1c1cccc(F)c1. The molecular weight excluding hydrogens is 285 g/mol. The minimum atomic E-state index is -3.94. The quantitative estimate of drug-likeness (QED) is 0.869. The monoisotopic (exact) mass is 293 g/mol. The smallest absolute Gasteiger partial charge is 0.247 e. The van der Waals surface area contributed by atoms with Gasteiger partial charge in [-0.3, -0.25) is 0 Å². The lowest BCUT2D eigenvalue weighted by Gasteiger charge is -2.28. The van der Waals surface area contributed by atoms with Gasteiger partial charge in [0.25, 0.3) is 10.0 Å². The van der Waals surface area contributed by atoms with Crippen molar-refractivity contribution in [2.24, 2.45) is 0 Å². The largest absolute Gasteiger partial charge is 0.341 e. The fourth-order valence-corrected chi connectivity index (χ4v) is 3.00. The molecule has 2 aromatic rings. The van der Waals surface area contributed by atoms with Crippen LogP contribution in [0.1, 0.15) is 0 Å². The minimum Gasteiger partial charge on any atom is -0.247 e. The first-order valence-electron chi connectivity index (χ1n) is 5.56. The van der Waals surface area contributed by atoms with Crippen LogP contribution >= 0.6 is 0 Å². The molecule has 0 saturated carbocycles. The van der Waals surface area contributed by atoms with E-state index >= 15 is 0 Å². The zero-order valence-corrected chi connectivity index (χ0v) is 10.8. The first-order chi connectivity index (χ1) is 9.49. The average molecular weight is 293 g/mol. The Balaban J connectivity index is 2.24. The number of aromatic nitrogens is 1. The predicted octanol–water partition coefficient (Wildman–Crippen LogP) is 1.77. The predicted molar refractivity (Wildman–Crippen MR) is 68.5 cm³/mol. The van der Waals surface area contributed by atoms with Crippen LogP contribution in [0.15, 0.2) is 47.5 Å². The van der Waals surface area contributed by atoms with Crippen LogP contribution in [-0.4, -0.2) is 19.4 Å². The number of benzene rings is 1. The number of nitrogens with zero attached hydrogens (tertiary/aromatic N) is 2. The van der Waals surface area contributed by atoms with Crippen LogP contribution in [0.2, 0.25) is 0 Å². The fourth-order valence-electron chi connectivity index (χ4n) is 1.93. The lowest BCUT2D eigenvalue weighted by atomic mass is 10.2. The Hall–Kier alpha value is -2.48. The third-order valence-electron chi connectivity index (χ3n) is 2.74. The summed E-state index contributed by atoms with van der Waals surface area (Å²) >= 11 is 0. The molecule has 20 heavy (non-hydrogen) atoms. The molecule has 1 aliphatic heterocycles. The molecule has 0 aliphatic carbocycles. The van der Waals surface area contributed by atoms with E-state index in [0.29, 0.717) is 0 Å². The molecule has 1 aromatic carbocycles. The van der Waals surface area contributed by atoms with E-state index in [1.54, 1.807) is 0 Å². The molecule has 0 atom stereocenters. The number of pyridine rings is 1. The highest BCUT2D eigenvalue weighted by atomic mass is 32.2. The van der Waals surface area contributed by atoms with E-state index in [-0.39, 0.29) is 16.4 Å². The first kappa shape index (κ1) is 12.5. The number of carbonyl (C=O) groups is 1. The van der Waals surface area contributed by atoms with Crippen molar-refractivity contribution in [2.45, 2.75) is 4.90 Å². The number of amides is 2. The van der Waals surface area contributed by atoms with Crippen molar-refractivity contribution in [3.05, 3.63) is 48.4 Å². The Bertz CT molecular complexity index is 807. The molecule has 0 spiro atoms. The first-order valence-corrected chi connectivity index (χ1v) is 7.05. The Labute approximate surface area is 113 Å². The third kappa shape index (κ3) is 1.90. The van der Waals surface area contributed by atoms with Gasteiger partial charge in [-0.2, -0.15) is 0 Å². The van der Waals surface area contributed by atoms with Gasteiger partial charge in [-0.15, -0.1) is 0 Å². The highest BCUT2D eigenvalue weighted by Crippen LogP contribution is 2.32. The minimum absolute atomic E-state index is 0.0538. The summed E-state index contributed by atoms with van der Waals surface area (Å²) in [6, 6.07) is 7.11. The van der Waals surface area contributed by atoms with Gasteiger partial charge >= 0.3 is 6.03 Å². The van der Waals surface area contributed by atoms with Gasteiger partial charge in [-0.1, -0.05) is 6.07 Å². The van der Waals surface area contributed by atoms with Gasteiger partial charge in [0.1, 0.15) is 10.7 Å². The van der Waals surface area contributed by atoms with E-state index in [9.17, 15) is 17.6 Å². The summed E-state index contributed by atoms with van der Waals surface area (Å²) in [5, 5.41) is 0. The van der Waals surface area contributed by atoms with Crippen molar-refractivity contribution in [3.63, 3.8) is 0 Å². The van der Waals surface area contributed by atoms with Crippen LogP contribution in [0, 0.1) is 5.82 Å². The van der Waals surface area contributed by atoms with E-state index in [0.717, 1.165) is 11.0 Å². The molecule has 0 saturated heterocycles. The van der Waals surface area contributed by atoms with E-state index in [1.165, 1.54) is 36.5 Å². The maximum absolute atomic E-state index is 13.3. The van der Waals surface area contributed by atoms with Gasteiger partial charge < -0.3 is 0 Å². The number of fused-ring (bicyclic) bond motifs is 1. The van der Waals surface area contributed by atoms with Gasteiger partial charge in [-0.25, -0.2) is 32.2 Å². The summed E-state index contributed by atoms with van der Waals surface area (Å²) in [6.07, 6.45) is 1.36. The number of halogens is 1. The number of nitrogens with one attached hydrogen (secondary N) is 1. The molecule has 3 rings (SSSR count). The van der Waals surface area contributed by atoms with Crippen LogP contribution in [0.4, 0.5) is 20.7 Å². The lowest BCUT2D eigenvalue weighted by molar-refractivity contribution is 0.252. The molecule has 0 unspecified atom stereocenters. The molecule has 2 heterocycles. The number of anilines is 2. The highest BCUT2D eigenvalue weighted by Gasteiger charge is 2.35. The number of urea groups is 1. The number of hydrogen-bond acceptors (Lipinski definition) is 4. The van der Waals surface area contributed by atoms with Gasteiger partial charge in [0.05, 0.1) is 5.69 Å². The van der Waals surface area contributed by atoms with Crippen LogP contribution in [0.25, 0.3) is 0 Å². The highest BCUT2D eigenvalue weighted by molar-refractivity contribution is 7.90. The molecule has 2 amide bonds. The molecule has 1 aromatic heterocycles. The number of rotatable bonds is 1. The van der Waals surface area contributed by atoms with Gasteiger partial charge in [0.2, 0.25) is 0 Å². The summed E-state index contributed by atoms with van der Waals surface area (Å²) in [6.45, 7) is 0. The van der Waals surface area contributed by atoms with Crippen molar-refractivity contribution in [2.75, 3.05) is 4.90 Å². The fraction of sp³-hybridized carbons (Fsp3) is 0. The topological polar surface area (TPSA) is 79.4 Å². The molecule has 1 aliphatic rings. The Morgan fingerprint density at radius 2 is 2.00 bits per heavy atom. The molecule has 6 nitrogen and oxygen atoms in total. The lowest BCUT2D eigenvalue weighted by Crippen LogP contribution is -2.45. The van der Waals surface area contributed by atoms with Crippen molar-refractivity contribution in [3.8, 4) is 0 Å². The molecule has 0 radical (unpaired) electrons. The van der Waals surface area contributed by atoms with Gasteiger partial charge in [0.15, 0.2) is 5.82 Å². The van der Waals surface area contributed by atoms with Crippen molar-refractivity contribution < 1.29 is 17.6 Å². The van der Waals surface area contributed by atoms with Crippen molar-refractivity contribution in [1.82, 2.24) is 9.71 Å². The standard InChI is InChI=1S/C12H8FN3O3S/c13-8-3-1-4-9(7-8)16-11-10(5-2-6-14-11)20(18,19)15-12(16)17/h1-7H,(H,15,17). The normalized spacial score (nSPS) is 16.4. The van der Waals surface area contributed by atoms with E-state index in [1.807, 2.05) is 4.72 Å². The maximum atomic E-state index is 13.3. The van der Waals surface area contributed by atoms with Crippen LogP contribution in [0.5, 0.6) is 0 Å². The van der Waals surface area contributed by atoms with Crippen LogP contribution in [-0.2, 0) is 10.0 Å². The zero-order chi connectivity index (χ0) is 14.3. The van der Waals surface area contributed by atoms with Crippen LogP contribution in [0.3, 0.4) is 0 Å². The second-order valence-electron chi connectivity index (χ2n) is 4.05. The molecule has 0 fully saturated rings. The van der Waals surface area contributed by atoms with Crippen molar-refractivity contribution >= 4 is 27.6 Å². The zero-order valence-electron chi connectivity index (χ0n) is 9.95. The summed E-state index contributed by atoms with van der Waals surface area (Å²) in [7, 11) is -3.94. The second kappa shape index (κ2) is 4.27. The number of sulfonamides is 1. The third-order valence-corrected chi connectivity index (χ3v) is 4.08. The molecule has 8 heteroatoms.